The summed E-state index contributed by atoms with van der Waals surface area (Å²) in [6, 6.07) is 0. The van der Waals surface area contributed by atoms with Crippen LogP contribution in [-0.4, -0.2) is 0 Å². The van der Waals surface area contributed by atoms with Gasteiger partial charge in [0.1, 0.15) is 0 Å². The van der Waals surface area contributed by atoms with Crippen LogP contribution in [0.15, 0.2) is 35.5 Å². The van der Waals surface area contributed by atoms with Crippen molar-refractivity contribution in [2.45, 2.75) is 52.9 Å². The summed E-state index contributed by atoms with van der Waals surface area (Å²) in [4.78, 5) is 0. The van der Waals surface area contributed by atoms with Crippen LogP contribution in [0.3, 0.4) is 0 Å². The average Bonchev–Trinajstić information content (AvgIpc) is 2.16. The first-order valence-electron chi connectivity index (χ1n) is 6.19. The van der Waals surface area contributed by atoms with E-state index in [1.807, 2.05) is 0 Å². The van der Waals surface area contributed by atoms with Crippen molar-refractivity contribution in [3.8, 4) is 0 Å². The number of hydrogen-bond acceptors (Lipinski definition) is 0. The van der Waals surface area contributed by atoms with Gasteiger partial charge in [0.25, 0.3) is 0 Å². The SMILES string of the molecule is CC1=C/CCC(C)CCC\C(C)=C/C=C\1. The first kappa shape index (κ1) is 12.3. The van der Waals surface area contributed by atoms with Gasteiger partial charge in [0.2, 0.25) is 0 Å². The van der Waals surface area contributed by atoms with Gasteiger partial charge in [0.15, 0.2) is 0 Å². The molecule has 0 fully saturated rings. The van der Waals surface area contributed by atoms with Crippen molar-refractivity contribution in [3.05, 3.63) is 35.5 Å². The predicted octanol–water partition coefficient (Wildman–Crippen LogP) is 5.04. The van der Waals surface area contributed by atoms with Crippen molar-refractivity contribution in [2.24, 2.45) is 5.92 Å². The molecule has 0 saturated carbocycles. The Morgan fingerprint density at radius 2 is 2.00 bits per heavy atom. The summed E-state index contributed by atoms with van der Waals surface area (Å²) in [6.07, 6.45) is 15.6. The molecule has 0 aliphatic heterocycles. The Balaban J connectivity index is 2.64. The van der Waals surface area contributed by atoms with Crippen molar-refractivity contribution in [3.63, 3.8) is 0 Å². The number of hydrogen-bond donors (Lipinski definition) is 0. The maximum Gasteiger partial charge on any atom is -0.0320 e. The highest BCUT2D eigenvalue weighted by atomic mass is 14.1. The standard InChI is InChI=1S/C15H24/c1-13-7-4-9-14(2)11-6-12-15(3)10-5-8-13/h4,7-9,15H,5-6,10-12H2,1-3H3/b7-4-,13-8-,14-9-. The second-order valence-corrected chi connectivity index (χ2v) is 4.90. The molecule has 0 heteroatoms. The van der Waals surface area contributed by atoms with Crippen LogP contribution in [0.1, 0.15) is 52.9 Å². The smallest absolute Gasteiger partial charge is 0.0320 e. The first-order valence-corrected chi connectivity index (χ1v) is 6.19. The van der Waals surface area contributed by atoms with Gasteiger partial charge in [-0.1, -0.05) is 48.8 Å². The molecule has 0 aromatic carbocycles. The topological polar surface area (TPSA) is 0 Å². The molecule has 0 heterocycles. The van der Waals surface area contributed by atoms with Crippen molar-refractivity contribution < 1.29 is 0 Å². The van der Waals surface area contributed by atoms with E-state index >= 15 is 0 Å². The number of rotatable bonds is 0. The second kappa shape index (κ2) is 6.66. The van der Waals surface area contributed by atoms with Crippen LogP contribution in [0.25, 0.3) is 0 Å². The Kier molecular flexibility index (Phi) is 5.45. The van der Waals surface area contributed by atoms with E-state index < -0.39 is 0 Å². The molecule has 0 N–H and O–H groups in total. The molecule has 1 unspecified atom stereocenters. The van der Waals surface area contributed by atoms with Crippen molar-refractivity contribution >= 4 is 0 Å². The summed E-state index contributed by atoms with van der Waals surface area (Å²) in [6.45, 7) is 6.81. The van der Waals surface area contributed by atoms with Crippen LogP contribution >= 0.6 is 0 Å². The molecule has 1 aliphatic carbocycles. The summed E-state index contributed by atoms with van der Waals surface area (Å²) in [5, 5.41) is 0. The fourth-order valence-electron chi connectivity index (χ4n) is 1.98. The second-order valence-electron chi connectivity index (χ2n) is 4.90. The molecule has 0 spiro atoms. The molecule has 0 amide bonds. The monoisotopic (exact) mass is 204 g/mol. The van der Waals surface area contributed by atoms with Crippen molar-refractivity contribution in [1.82, 2.24) is 0 Å². The van der Waals surface area contributed by atoms with Gasteiger partial charge in [-0.25, -0.2) is 0 Å². The summed E-state index contributed by atoms with van der Waals surface area (Å²) < 4.78 is 0. The van der Waals surface area contributed by atoms with Gasteiger partial charge in [0, 0.05) is 0 Å². The highest BCUT2D eigenvalue weighted by Gasteiger charge is 2.01. The van der Waals surface area contributed by atoms with Gasteiger partial charge in [-0.05, 0) is 45.4 Å². The van der Waals surface area contributed by atoms with Crippen LogP contribution in [0.2, 0.25) is 0 Å². The molecule has 0 saturated heterocycles. The van der Waals surface area contributed by atoms with E-state index in [0.717, 1.165) is 5.92 Å². The number of allylic oxidation sites excluding steroid dienone is 6. The quantitative estimate of drug-likeness (QED) is 0.519. The lowest BCUT2D eigenvalue weighted by molar-refractivity contribution is 0.478. The molecule has 15 heavy (non-hydrogen) atoms. The third-order valence-corrected chi connectivity index (χ3v) is 3.13. The van der Waals surface area contributed by atoms with Crippen LogP contribution in [0.4, 0.5) is 0 Å². The predicted molar refractivity (Wildman–Crippen MR) is 68.9 cm³/mol. The lowest BCUT2D eigenvalue weighted by Gasteiger charge is -2.10. The molecule has 1 atom stereocenters. The van der Waals surface area contributed by atoms with E-state index in [-0.39, 0.29) is 0 Å². The molecule has 1 rings (SSSR count). The minimum absolute atomic E-state index is 0.880. The van der Waals surface area contributed by atoms with E-state index in [1.54, 1.807) is 0 Å². The molecular formula is C15H24. The fraction of sp³-hybridized carbons (Fsp3) is 0.600. The van der Waals surface area contributed by atoms with E-state index in [9.17, 15) is 0 Å². The van der Waals surface area contributed by atoms with Gasteiger partial charge in [-0.15, -0.1) is 0 Å². The summed E-state index contributed by atoms with van der Waals surface area (Å²) >= 11 is 0. The first-order chi connectivity index (χ1) is 7.18. The Morgan fingerprint density at radius 1 is 1.20 bits per heavy atom. The van der Waals surface area contributed by atoms with Gasteiger partial charge in [-0.3, -0.25) is 0 Å². The Bertz CT molecular complexity index is 266. The van der Waals surface area contributed by atoms with E-state index in [1.165, 1.54) is 43.3 Å². The molecule has 0 nitrogen and oxygen atoms in total. The van der Waals surface area contributed by atoms with Crippen molar-refractivity contribution in [1.29, 1.82) is 0 Å². The molecule has 0 radical (unpaired) electrons. The van der Waals surface area contributed by atoms with Gasteiger partial charge in [-0.2, -0.15) is 0 Å². The summed E-state index contributed by atoms with van der Waals surface area (Å²) in [5.74, 6) is 0.880. The van der Waals surface area contributed by atoms with E-state index in [4.69, 9.17) is 0 Å². The third-order valence-electron chi connectivity index (χ3n) is 3.13. The minimum Gasteiger partial charge on any atom is -0.0816 e. The molecular weight excluding hydrogens is 180 g/mol. The lowest BCUT2D eigenvalue weighted by atomic mass is 9.96. The fourth-order valence-corrected chi connectivity index (χ4v) is 1.98. The van der Waals surface area contributed by atoms with Crippen molar-refractivity contribution in [2.75, 3.05) is 0 Å². The Labute approximate surface area is 94.8 Å². The average molecular weight is 204 g/mol. The zero-order valence-electron chi connectivity index (χ0n) is 10.4. The molecule has 0 aromatic rings. The van der Waals surface area contributed by atoms with Gasteiger partial charge < -0.3 is 0 Å². The highest BCUT2D eigenvalue weighted by molar-refractivity contribution is 5.22. The van der Waals surface area contributed by atoms with Crippen LogP contribution < -0.4 is 0 Å². The summed E-state index contributed by atoms with van der Waals surface area (Å²) in [7, 11) is 0. The van der Waals surface area contributed by atoms with E-state index in [2.05, 4.69) is 45.1 Å². The Hall–Kier alpha value is -0.780. The molecule has 84 valence electrons. The summed E-state index contributed by atoms with van der Waals surface area (Å²) in [5.41, 5.74) is 2.90. The maximum absolute atomic E-state index is 2.38. The largest absolute Gasteiger partial charge is 0.0816 e. The van der Waals surface area contributed by atoms with Gasteiger partial charge in [0.05, 0.1) is 0 Å². The zero-order valence-corrected chi connectivity index (χ0v) is 10.4. The normalized spacial score (nSPS) is 33.9. The molecule has 1 aliphatic rings. The van der Waals surface area contributed by atoms with E-state index in [0.29, 0.717) is 0 Å². The Morgan fingerprint density at radius 3 is 2.80 bits per heavy atom. The van der Waals surface area contributed by atoms with Crippen LogP contribution in [0.5, 0.6) is 0 Å². The minimum atomic E-state index is 0.880. The lowest BCUT2D eigenvalue weighted by Crippen LogP contribution is -1.94. The highest BCUT2D eigenvalue weighted by Crippen LogP contribution is 2.18. The van der Waals surface area contributed by atoms with Crippen LogP contribution in [-0.2, 0) is 0 Å². The molecule has 0 aromatic heterocycles. The maximum atomic E-state index is 2.38. The third kappa shape index (κ3) is 5.61. The van der Waals surface area contributed by atoms with Crippen LogP contribution in [0, 0.1) is 5.92 Å². The molecule has 0 bridgehead atoms. The van der Waals surface area contributed by atoms with Gasteiger partial charge >= 0.3 is 0 Å². The zero-order chi connectivity index (χ0) is 11.1.